The van der Waals surface area contributed by atoms with Crippen LogP contribution in [0.3, 0.4) is 0 Å². The monoisotopic (exact) mass is 243 g/mol. The lowest BCUT2D eigenvalue weighted by atomic mass is 10.2. The van der Waals surface area contributed by atoms with Gasteiger partial charge in [-0.3, -0.25) is 9.78 Å². The van der Waals surface area contributed by atoms with Crippen LogP contribution in [0.2, 0.25) is 0 Å². The Labute approximate surface area is 106 Å². The molecule has 2 aromatic rings. The molecule has 0 unspecified atom stereocenters. The van der Waals surface area contributed by atoms with Crippen LogP contribution >= 0.6 is 0 Å². The summed E-state index contributed by atoms with van der Waals surface area (Å²) in [5.41, 5.74) is 3.53. The number of hydrogen-bond acceptors (Lipinski definition) is 3. The Morgan fingerprint density at radius 1 is 1.22 bits per heavy atom. The molecule has 0 aliphatic carbocycles. The first-order valence-electron chi connectivity index (χ1n) is 6.03. The van der Waals surface area contributed by atoms with Gasteiger partial charge >= 0.3 is 0 Å². The zero-order chi connectivity index (χ0) is 13.1. The number of rotatable bonds is 3. The Hall–Kier alpha value is -2.10. The normalized spacial score (nSPS) is 10.4. The van der Waals surface area contributed by atoms with Crippen LogP contribution in [0, 0.1) is 13.8 Å². The Kier molecular flexibility index (Phi) is 3.46. The highest BCUT2D eigenvalue weighted by Crippen LogP contribution is 2.13. The minimum Gasteiger partial charge on any atom is -0.326 e. The first kappa shape index (κ1) is 12.4. The van der Waals surface area contributed by atoms with Gasteiger partial charge in [0.25, 0.3) is 5.56 Å². The van der Waals surface area contributed by atoms with E-state index in [1.54, 1.807) is 6.92 Å². The Morgan fingerprint density at radius 2 is 1.89 bits per heavy atom. The first-order chi connectivity index (χ1) is 8.60. The van der Waals surface area contributed by atoms with Gasteiger partial charge in [-0.15, -0.1) is 0 Å². The van der Waals surface area contributed by atoms with Crippen molar-refractivity contribution in [1.29, 1.82) is 0 Å². The van der Waals surface area contributed by atoms with Gasteiger partial charge in [0.15, 0.2) is 0 Å². The lowest BCUT2D eigenvalue weighted by Gasteiger charge is -2.08. The molecule has 0 spiro atoms. The molecule has 0 amide bonds. The molecule has 4 heteroatoms. The smallest absolute Gasteiger partial charge is 0.255 e. The summed E-state index contributed by atoms with van der Waals surface area (Å²) in [5.74, 6) is 0.492. The quantitative estimate of drug-likeness (QED) is 0.871. The zero-order valence-electron chi connectivity index (χ0n) is 10.9. The summed E-state index contributed by atoms with van der Waals surface area (Å²) >= 11 is 0. The Bertz CT molecular complexity index is 599. The van der Waals surface area contributed by atoms with Crippen molar-refractivity contribution >= 4 is 11.6 Å². The zero-order valence-corrected chi connectivity index (χ0v) is 10.9. The topological polar surface area (TPSA) is 57.8 Å². The van der Waals surface area contributed by atoms with Crippen molar-refractivity contribution in [2.24, 2.45) is 0 Å². The molecule has 2 N–H and O–H groups in total. The van der Waals surface area contributed by atoms with E-state index in [4.69, 9.17) is 0 Å². The van der Waals surface area contributed by atoms with E-state index >= 15 is 0 Å². The Balaban J connectivity index is 2.32. The fourth-order valence-corrected chi connectivity index (χ4v) is 1.76. The van der Waals surface area contributed by atoms with Crippen molar-refractivity contribution in [3.05, 3.63) is 51.4 Å². The van der Waals surface area contributed by atoms with Crippen LogP contribution in [0.25, 0.3) is 0 Å². The van der Waals surface area contributed by atoms with E-state index in [2.05, 4.69) is 15.3 Å². The molecule has 18 heavy (non-hydrogen) atoms. The number of benzene rings is 1. The average molecular weight is 243 g/mol. The third kappa shape index (κ3) is 2.59. The Morgan fingerprint density at radius 3 is 2.50 bits per heavy atom. The van der Waals surface area contributed by atoms with Crippen molar-refractivity contribution in [2.45, 2.75) is 27.2 Å². The molecular formula is C14H17N3O. The summed E-state index contributed by atoms with van der Waals surface area (Å²) in [7, 11) is 0. The summed E-state index contributed by atoms with van der Waals surface area (Å²) in [6, 6.07) is 7.94. The van der Waals surface area contributed by atoms with Crippen LogP contribution in [0.5, 0.6) is 0 Å². The number of H-pyrrole nitrogens is 1. The number of hydrogen-bond donors (Lipinski definition) is 2. The molecule has 4 nitrogen and oxygen atoms in total. The van der Waals surface area contributed by atoms with Crippen molar-refractivity contribution in [3.8, 4) is 0 Å². The maximum atomic E-state index is 11.7. The van der Waals surface area contributed by atoms with E-state index in [1.807, 2.05) is 38.1 Å². The van der Waals surface area contributed by atoms with Crippen LogP contribution in [0.1, 0.15) is 23.7 Å². The summed E-state index contributed by atoms with van der Waals surface area (Å²) in [6.45, 7) is 5.82. The standard InChI is InChI=1S/C14H17N3O/c1-4-12-10(3)13(18)17-14(16-12)15-11-7-5-9(2)6-8-11/h5-8H,4H2,1-3H3,(H2,15,16,17,18). The van der Waals surface area contributed by atoms with Crippen LogP contribution in [-0.2, 0) is 6.42 Å². The van der Waals surface area contributed by atoms with E-state index in [1.165, 1.54) is 5.56 Å². The molecule has 0 saturated carbocycles. The molecule has 2 rings (SSSR count). The number of aromatic nitrogens is 2. The molecule has 0 saturated heterocycles. The lowest BCUT2D eigenvalue weighted by Crippen LogP contribution is -2.16. The van der Waals surface area contributed by atoms with Crippen LogP contribution in [0.4, 0.5) is 11.6 Å². The predicted molar refractivity (Wildman–Crippen MR) is 73.4 cm³/mol. The van der Waals surface area contributed by atoms with E-state index in [9.17, 15) is 4.79 Å². The fourth-order valence-electron chi connectivity index (χ4n) is 1.76. The van der Waals surface area contributed by atoms with E-state index in [-0.39, 0.29) is 5.56 Å². The predicted octanol–water partition coefficient (Wildman–Crippen LogP) is 2.69. The average Bonchev–Trinajstić information content (AvgIpc) is 2.36. The number of aromatic amines is 1. The molecule has 94 valence electrons. The second kappa shape index (κ2) is 5.04. The second-order valence-corrected chi connectivity index (χ2v) is 4.33. The van der Waals surface area contributed by atoms with Gasteiger partial charge in [-0.1, -0.05) is 24.6 Å². The molecule has 0 radical (unpaired) electrons. The minimum atomic E-state index is -0.0866. The van der Waals surface area contributed by atoms with Crippen molar-refractivity contribution < 1.29 is 0 Å². The first-order valence-corrected chi connectivity index (χ1v) is 6.03. The minimum absolute atomic E-state index is 0.0866. The van der Waals surface area contributed by atoms with Gasteiger partial charge in [-0.05, 0) is 32.4 Å². The maximum Gasteiger partial charge on any atom is 0.255 e. The molecule has 0 atom stereocenters. The van der Waals surface area contributed by atoms with Crippen molar-refractivity contribution in [1.82, 2.24) is 9.97 Å². The maximum absolute atomic E-state index is 11.7. The highest BCUT2D eigenvalue weighted by molar-refractivity contribution is 5.53. The summed E-state index contributed by atoms with van der Waals surface area (Å²) < 4.78 is 0. The van der Waals surface area contributed by atoms with Gasteiger partial charge in [-0.25, -0.2) is 4.98 Å². The highest BCUT2D eigenvalue weighted by Gasteiger charge is 2.05. The second-order valence-electron chi connectivity index (χ2n) is 4.33. The number of anilines is 2. The van der Waals surface area contributed by atoms with E-state index in [0.717, 1.165) is 17.8 Å². The van der Waals surface area contributed by atoms with Gasteiger partial charge in [0.1, 0.15) is 0 Å². The molecule has 0 bridgehead atoms. The van der Waals surface area contributed by atoms with E-state index in [0.29, 0.717) is 11.5 Å². The van der Waals surface area contributed by atoms with Crippen LogP contribution in [-0.4, -0.2) is 9.97 Å². The number of nitrogens with zero attached hydrogens (tertiary/aromatic N) is 1. The molecule has 1 heterocycles. The largest absolute Gasteiger partial charge is 0.326 e. The molecule has 0 aliphatic rings. The SMILES string of the molecule is CCc1nc(Nc2ccc(C)cc2)[nH]c(=O)c1C. The van der Waals surface area contributed by atoms with Crippen LogP contribution in [0.15, 0.2) is 29.1 Å². The molecule has 0 fully saturated rings. The van der Waals surface area contributed by atoms with Gasteiger partial charge in [0.05, 0.1) is 5.69 Å². The fraction of sp³-hybridized carbons (Fsp3) is 0.286. The van der Waals surface area contributed by atoms with Gasteiger partial charge in [0, 0.05) is 11.3 Å². The van der Waals surface area contributed by atoms with Crippen molar-refractivity contribution in [2.75, 3.05) is 5.32 Å². The molecule has 0 aliphatic heterocycles. The van der Waals surface area contributed by atoms with Crippen molar-refractivity contribution in [3.63, 3.8) is 0 Å². The van der Waals surface area contributed by atoms with E-state index < -0.39 is 0 Å². The summed E-state index contributed by atoms with van der Waals surface area (Å²) in [5, 5.41) is 3.11. The molecule has 1 aromatic heterocycles. The number of aryl methyl sites for hydroxylation is 2. The van der Waals surface area contributed by atoms with Gasteiger partial charge < -0.3 is 5.32 Å². The molecular weight excluding hydrogens is 226 g/mol. The summed E-state index contributed by atoms with van der Waals surface area (Å²) in [6.07, 6.45) is 0.748. The van der Waals surface area contributed by atoms with Crippen LogP contribution < -0.4 is 10.9 Å². The number of nitrogens with one attached hydrogen (secondary N) is 2. The molecule has 1 aromatic carbocycles. The lowest BCUT2D eigenvalue weighted by molar-refractivity contribution is 0.954. The third-order valence-corrected chi connectivity index (χ3v) is 2.90. The van der Waals surface area contributed by atoms with Gasteiger partial charge in [0.2, 0.25) is 5.95 Å². The third-order valence-electron chi connectivity index (χ3n) is 2.90. The van der Waals surface area contributed by atoms with Gasteiger partial charge in [-0.2, -0.15) is 0 Å². The summed E-state index contributed by atoms with van der Waals surface area (Å²) in [4.78, 5) is 18.9. The highest BCUT2D eigenvalue weighted by atomic mass is 16.1.